The molecule has 7 nitrogen and oxygen atoms in total. The summed E-state index contributed by atoms with van der Waals surface area (Å²) in [6.45, 7) is 0.568. The zero-order chi connectivity index (χ0) is 22.2. The van der Waals surface area contributed by atoms with E-state index in [4.69, 9.17) is 0 Å². The fraction of sp³-hybridized carbons (Fsp3) is 0.619. The molecule has 168 valence electrons. The van der Waals surface area contributed by atoms with E-state index in [1.165, 1.54) is 24.3 Å². The van der Waals surface area contributed by atoms with Crippen molar-refractivity contribution in [2.45, 2.75) is 62.6 Å². The Bertz CT molecular complexity index is 841. The summed E-state index contributed by atoms with van der Waals surface area (Å²) in [6, 6.07) is 7.74. The number of fused-ring (bicyclic) bond motifs is 1. The number of carbonyl (C=O) groups excluding carboxylic acids is 1. The fourth-order valence-electron chi connectivity index (χ4n) is 5.03. The van der Waals surface area contributed by atoms with Gasteiger partial charge in [0.05, 0.1) is 17.9 Å². The summed E-state index contributed by atoms with van der Waals surface area (Å²) >= 11 is 0. The van der Waals surface area contributed by atoms with Crippen molar-refractivity contribution in [2.75, 3.05) is 11.9 Å². The van der Waals surface area contributed by atoms with Gasteiger partial charge in [-0.1, -0.05) is 25.0 Å². The molecule has 10 heteroatoms. The van der Waals surface area contributed by atoms with E-state index in [0.717, 1.165) is 32.1 Å². The Kier molecular flexibility index (Phi) is 6.10. The van der Waals surface area contributed by atoms with Crippen LogP contribution in [0, 0.1) is 23.2 Å². The van der Waals surface area contributed by atoms with Gasteiger partial charge in [-0.15, -0.1) is 0 Å². The number of rotatable bonds is 4. The van der Waals surface area contributed by atoms with Crippen molar-refractivity contribution in [3.05, 3.63) is 29.8 Å². The number of anilines is 1. The number of hydrogen-bond donors (Lipinski definition) is 4. The molecule has 3 fully saturated rings. The smallest absolute Gasteiger partial charge is 0.379 e. The zero-order valence-corrected chi connectivity index (χ0v) is 16.9. The number of nitriles is 1. The molecule has 2 aliphatic heterocycles. The number of aliphatic hydroxyl groups excluding tert-OH is 1. The highest BCUT2D eigenvalue weighted by atomic mass is 19.4. The molecule has 1 amide bonds. The van der Waals surface area contributed by atoms with Crippen LogP contribution in [0.1, 0.15) is 43.8 Å². The highest BCUT2D eigenvalue weighted by molar-refractivity contribution is 5.82. The lowest BCUT2D eigenvalue weighted by Gasteiger charge is -2.39. The molecule has 4 rings (SSSR count). The van der Waals surface area contributed by atoms with E-state index in [-0.39, 0.29) is 29.5 Å². The number of hydrazine groups is 1. The maximum Gasteiger partial charge on any atom is 0.418 e. The summed E-state index contributed by atoms with van der Waals surface area (Å²) in [5.74, 6) is -0.582. The maximum atomic E-state index is 12.7. The molecule has 0 radical (unpaired) electrons. The van der Waals surface area contributed by atoms with Crippen LogP contribution in [-0.2, 0) is 4.79 Å². The summed E-state index contributed by atoms with van der Waals surface area (Å²) in [4.78, 5) is 12.7. The van der Waals surface area contributed by atoms with Crippen LogP contribution in [0.4, 0.5) is 18.9 Å². The number of hydrogen-bond acceptors (Lipinski definition) is 6. The average molecular weight is 437 g/mol. The third-order valence-electron chi connectivity index (χ3n) is 6.57. The molecule has 0 aromatic heterocycles. The molecule has 1 aromatic rings. The summed E-state index contributed by atoms with van der Waals surface area (Å²) in [7, 11) is 0. The summed E-state index contributed by atoms with van der Waals surface area (Å²) in [6.07, 6.45) is -3.19. The van der Waals surface area contributed by atoms with Crippen LogP contribution < -0.4 is 16.1 Å². The Hall–Kier alpha value is -2.35. The number of nitrogens with one attached hydrogen (secondary N) is 3. The van der Waals surface area contributed by atoms with Crippen molar-refractivity contribution in [3.8, 4) is 6.07 Å². The minimum absolute atomic E-state index is 0.0215. The van der Waals surface area contributed by atoms with E-state index in [9.17, 15) is 28.3 Å². The van der Waals surface area contributed by atoms with Crippen molar-refractivity contribution >= 4 is 11.6 Å². The summed E-state index contributed by atoms with van der Waals surface area (Å²) < 4.78 is 38.2. The van der Waals surface area contributed by atoms with Gasteiger partial charge in [0.1, 0.15) is 6.17 Å². The van der Waals surface area contributed by atoms with Crippen LogP contribution in [0.3, 0.4) is 0 Å². The molecule has 6 atom stereocenters. The van der Waals surface area contributed by atoms with Crippen LogP contribution in [0.25, 0.3) is 0 Å². The van der Waals surface area contributed by atoms with Crippen LogP contribution in [-0.4, -0.2) is 47.0 Å². The number of alkyl halides is 3. The minimum atomic E-state index is -4.73. The number of aliphatic hydroxyl groups is 1. The number of carbonyl (C=O) groups is 1. The van der Waals surface area contributed by atoms with Crippen LogP contribution in [0.15, 0.2) is 24.3 Å². The summed E-state index contributed by atoms with van der Waals surface area (Å²) in [5, 5.41) is 27.2. The van der Waals surface area contributed by atoms with Crippen molar-refractivity contribution in [2.24, 2.45) is 11.8 Å². The normalized spacial score (nSPS) is 32.6. The average Bonchev–Trinajstić information content (AvgIpc) is 3.12. The number of nitrogens with zero attached hydrogens (tertiary/aromatic N) is 2. The lowest BCUT2D eigenvalue weighted by atomic mass is 9.83. The fourth-order valence-corrected chi connectivity index (χ4v) is 5.03. The third-order valence-corrected chi connectivity index (χ3v) is 6.57. The molecule has 2 heterocycles. The van der Waals surface area contributed by atoms with E-state index >= 15 is 0 Å². The molecular formula is C21H26F3N5O2. The van der Waals surface area contributed by atoms with Gasteiger partial charge >= 0.3 is 6.18 Å². The highest BCUT2D eigenvalue weighted by Gasteiger charge is 2.51. The second-order valence-electron chi connectivity index (χ2n) is 8.48. The molecule has 31 heavy (non-hydrogen) atoms. The second kappa shape index (κ2) is 8.65. The number of halogens is 3. The SMILES string of the molecule is N#C[C@H]1CCCC[C@@H]1N1NC(Nc2ccc(C(O)C(F)(F)F)cc2)C2C(=O)NCCC21. The first kappa shape index (κ1) is 21.9. The minimum Gasteiger partial charge on any atom is -0.379 e. The highest BCUT2D eigenvalue weighted by Crippen LogP contribution is 2.37. The molecule has 1 saturated carbocycles. The number of piperidine rings is 1. The molecular weight excluding hydrogens is 411 g/mol. The molecule has 1 aliphatic carbocycles. The van der Waals surface area contributed by atoms with Crippen molar-refractivity contribution < 1.29 is 23.1 Å². The van der Waals surface area contributed by atoms with Gasteiger partial charge < -0.3 is 15.7 Å². The van der Waals surface area contributed by atoms with Gasteiger partial charge in [0.25, 0.3) is 0 Å². The van der Waals surface area contributed by atoms with Crippen LogP contribution in [0.2, 0.25) is 0 Å². The van der Waals surface area contributed by atoms with Gasteiger partial charge in [0.2, 0.25) is 5.91 Å². The molecule has 0 bridgehead atoms. The Morgan fingerprint density at radius 2 is 1.87 bits per heavy atom. The van der Waals surface area contributed by atoms with Gasteiger partial charge in [0.15, 0.2) is 6.10 Å². The molecule has 3 aliphatic rings. The topological polar surface area (TPSA) is 100 Å². The quantitative estimate of drug-likeness (QED) is 0.577. The lowest BCUT2D eigenvalue weighted by Crippen LogP contribution is -2.54. The van der Waals surface area contributed by atoms with Gasteiger partial charge in [0, 0.05) is 24.3 Å². The van der Waals surface area contributed by atoms with Crippen molar-refractivity contribution in [1.29, 1.82) is 5.26 Å². The second-order valence-corrected chi connectivity index (χ2v) is 8.48. The molecule has 4 N–H and O–H groups in total. The Labute approximate surface area is 178 Å². The third kappa shape index (κ3) is 4.35. The van der Waals surface area contributed by atoms with Gasteiger partial charge in [-0.2, -0.15) is 18.4 Å². The molecule has 1 aromatic carbocycles. The first-order valence-electron chi connectivity index (χ1n) is 10.6. The Balaban J connectivity index is 1.52. The number of benzene rings is 1. The number of amides is 1. The predicted octanol–water partition coefficient (Wildman–Crippen LogP) is 2.43. The van der Waals surface area contributed by atoms with E-state index in [2.05, 4.69) is 27.1 Å². The van der Waals surface area contributed by atoms with Crippen molar-refractivity contribution in [3.63, 3.8) is 0 Å². The van der Waals surface area contributed by atoms with Crippen LogP contribution >= 0.6 is 0 Å². The lowest BCUT2D eigenvalue weighted by molar-refractivity contribution is -0.206. The monoisotopic (exact) mass is 437 g/mol. The standard InChI is InChI=1S/C21H26F3N5O2/c22-21(23,24)18(30)12-5-7-14(8-6-12)27-19-17-16(9-10-26-20(17)31)29(28-19)15-4-2-1-3-13(15)11-25/h5-8,13,15-19,27-28,30H,1-4,9-10H2,(H,26,31)/t13-,15+,16?,17?,18?,19?/m1/s1. The van der Waals surface area contributed by atoms with Gasteiger partial charge in [-0.05, 0) is 37.0 Å². The van der Waals surface area contributed by atoms with Gasteiger partial charge in [-0.3, -0.25) is 4.79 Å². The Morgan fingerprint density at radius 1 is 1.16 bits per heavy atom. The van der Waals surface area contributed by atoms with Gasteiger partial charge in [-0.25, -0.2) is 10.4 Å². The van der Waals surface area contributed by atoms with E-state index < -0.39 is 24.4 Å². The largest absolute Gasteiger partial charge is 0.418 e. The van der Waals surface area contributed by atoms with E-state index in [1.807, 2.05) is 0 Å². The van der Waals surface area contributed by atoms with Crippen molar-refractivity contribution in [1.82, 2.24) is 15.8 Å². The van der Waals surface area contributed by atoms with E-state index in [1.54, 1.807) is 0 Å². The first-order valence-corrected chi connectivity index (χ1v) is 10.6. The molecule has 2 saturated heterocycles. The predicted molar refractivity (Wildman–Crippen MR) is 106 cm³/mol. The first-order chi connectivity index (χ1) is 14.8. The maximum absolute atomic E-state index is 12.7. The Morgan fingerprint density at radius 3 is 2.55 bits per heavy atom. The summed E-state index contributed by atoms with van der Waals surface area (Å²) in [5.41, 5.74) is 3.68. The zero-order valence-electron chi connectivity index (χ0n) is 16.9. The molecule has 0 spiro atoms. The molecule has 4 unspecified atom stereocenters. The van der Waals surface area contributed by atoms with Crippen LogP contribution in [0.5, 0.6) is 0 Å². The van der Waals surface area contributed by atoms with E-state index in [0.29, 0.717) is 12.2 Å².